The number of hydrogen-bond donors (Lipinski definition) is 1. The van der Waals surface area contributed by atoms with Crippen molar-refractivity contribution in [2.75, 3.05) is 46.2 Å². The van der Waals surface area contributed by atoms with Crippen molar-refractivity contribution in [2.45, 2.75) is 39.2 Å². The molecule has 146 valence electrons. The minimum atomic E-state index is -0.0551. The maximum atomic E-state index is 12.5. The molecule has 0 atom stereocenters. The number of urea groups is 1. The zero-order valence-corrected chi connectivity index (χ0v) is 16.7. The Balaban J connectivity index is 1.85. The van der Waals surface area contributed by atoms with Crippen LogP contribution in [0.25, 0.3) is 0 Å². The smallest absolute Gasteiger partial charge is 0.321 e. The zero-order chi connectivity index (χ0) is 19.1. The monoisotopic (exact) mass is 363 g/mol. The molecule has 2 rings (SSSR count). The van der Waals surface area contributed by atoms with Crippen LogP contribution in [0.1, 0.15) is 33.1 Å². The molecule has 0 unspecified atom stereocenters. The van der Waals surface area contributed by atoms with E-state index in [-0.39, 0.29) is 6.03 Å². The van der Waals surface area contributed by atoms with Crippen LogP contribution in [0.2, 0.25) is 0 Å². The second-order valence-electron chi connectivity index (χ2n) is 7.38. The summed E-state index contributed by atoms with van der Waals surface area (Å²) in [7, 11) is 5.38. The molecule has 6 heteroatoms. The van der Waals surface area contributed by atoms with E-state index >= 15 is 0 Å². The van der Waals surface area contributed by atoms with Gasteiger partial charge in [0.15, 0.2) is 11.5 Å². The minimum absolute atomic E-state index is 0.0551. The van der Waals surface area contributed by atoms with E-state index in [9.17, 15) is 4.79 Å². The number of amides is 2. The summed E-state index contributed by atoms with van der Waals surface area (Å²) in [6, 6.07) is 5.92. The van der Waals surface area contributed by atoms with Crippen LogP contribution in [0, 0.1) is 5.92 Å². The number of carbonyl (C=O) groups is 1. The van der Waals surface area contributed by atoms with Crippen LogP contribution in [-0.4, -0.2) is 62.8 Å². The lowest BCUT2D eigenvalue weighted by atomic mass is 10.0. The number of likely N-dealkylation sites (tertiary alicyclic amines) is 1. The minimum Gasteiger partial charge on any atom is -0.493 e. The number of nitrogens with one attached hydrogen (secondary N) is 1. The SMILES string of the molecule is COc1ccc(NC(=O)N2CCC(N(C)CCC(C)C)CC2)cc1OC. The number of rotatable bonds is 7. The molecule has 1 aromatic rings. The number of methoxy groups -OCH3 is 2. The average molecular weight is 364 g/mol. The summed E-state index contributed by atoms with van der Waals surface area (Å²) in [5.74, 6) is 1.98. The second-order valence-corrected chi connectivity index (χ2v) is 7.38. The summed E-state index contributed by atoms with van der Waals surface area (Å²) < 4.78 is 10.5. The van der Waals surface area contributed by atoms with E-state index in [1.54, 1.807) is 26.4 Å². The summed E-state index contributed by atoms with van der Waals surface area (Å²) in [6.07, 6.45) is 3.26. The largest absolute Gasteiger partial charge is 0.493 e. The molecule has 1 N–H and O–H groups in total. The van der Waals surface area contributed by atoms with E-state index < -0.39 is 0 Å². The fourth-order valence-electron chi connectivity index (χ4n) is 3.27. The molecule has 1 aliphatic heterocycles. The molecule has 0 aromatic heterocycles. The van der Waals surface area contributed by atoms with E-state index in [1.807, 2.05) is 11.0 Å². The maximum absolute atomic E-state index is 12.5. The van der Waals surface area contributed by atoms with Gasteiger partial charge in [0.25, 0.3) is 0 Å². The highest BCUT2D eigenvalue weighted by atomic mass is 16.5. The van der Waals surface area contributed by atoms with Crippen molar-refractivity contribution < 1.29 is 14.3 Å². The summed E-state index contributed by atoms with van der Waals surface area (Å²) in [5.41, 5.74) is 0.712. The van der Waals surface area contributed by atoms with Crippen molar-refractivity contribution >= 4 is 11.7 Å². The van der Waals surface area contributed by atoms with Gasteiger partial charge < -0.3 is 24.6 Å². The predicted molar refractivity (Wildman–Crippen MR) is 105 cm³/mol. The predicted octanol–water partition coefficient (Wildman–Crippen LogP) is 3.68. The fraction of sp³-hybridized carbons (Fsp3) is 0.650. The highest BCUT2D eigenvalue weighted by Crippen LogP contribution is 2.30. The lowest BCUT2D eigenvalue weighted by Gasteiger charge is -2.37. The van der Waals surface area contributed by atoms with Gasteiger partial charge >= 0.3 is 6.03 Å². The molecule has 2 amide bonds. The summed E-state index contributed by atoms with van der Waals surface area (Å²) in [5, 5.41) is 2.96. The summed E-state index contributed by atoms with van der Waals surface area (Å²) >= 11 is 0. The van der Waals surface area contributed by atoms with Crippen molar-refractivity contribution in [2.24, 2.45) is 5.92 Å². The molecule has 1 aliphatic rings. The first-order valence-electron chi connectivity index (χ1n) is 9.42. The lowest BCUT2D eigenvalue weighted by molar-refractivity contribution is 0.137. The van der Waals surface area contributed by atoms with E-state index in [4.69, 9.17) is 9.47 Å². The van der Waals surface area contributed by atoms with Crippen molar-refractivity contribution in [1.29, 1.82) is 0 Å². The first kappa shape index (κ1) is 20.4. The fourth-order valence-corrected chi connectivity index (χ4v) is 3.27. The normalized spacial score (nSPS) is 15.4. The lowest BCUT2D eigenvalue weighted by Crippen LogP contribution is -2.47. The molecule has 1 fully saturated rings. The van der Waals surface area contributed by atoms with Crippen LogP contribution < -0.4 is 14.8 Å². The van der Waals surface area contributed by atoms with E-state index in [2.05, 4.69) is 31.1 Å². The van der Waals surface area contributed by atoms with Gasteiger partial charge in [-0.05, 0) is 50.9 Å². The number of anilines is 1. The van der Waals surface area contributed by atoms with Gasteiger partial charge in [-0.1, -0.05) is 13.8 Å². The molecule has 0 bridgehead atoms. The Morgan fingerprint density at radius 1 is 1.23 bits per heavy atom. The van der Waals surface area contributed by atoms with Gasteiger partial charge in [-0.25, -0.2) is 4.79 Å². The molecule has 0 aliphatic carbocycles. The third-order valence-electron chi connectivity index (χ3n) is 5.07. The average Bonchev–Trinajstić information content (AvgIpc) is 2.65. The van der Waals surface area contributed by atoms with Gasteiger partial charge in [0, 0.05) is 30.9 Å². The third kappa shape index (κ3) is 5.53. The van der Waals surface area contributed by atoms with E-state index in [0.29, 0.717) is 23.2 Å². The van der Waals surface area contributed by atoms with Gasteiger partial charge in [0.1, 0.15) is 0 Å². The Morgan fingerprint density at radius 3 is 2.46 bits per heavy atom. The number of ether oxygens (including phenoxy) is 2. The van der Waals surface area contributed by atoms with Crippen LogP contribution >= 0.6 is 0 Å². The summed E-state index contributed by atoms with van der Waals surface area (Å²) in [6.45, 7) is 7.22. The number of benzene rings is 1. The molecule has 6 nitrogen and oxygen atoms in total. The second kappa shape index (κ2) is 9.67. The molecule has 1 heterocycles. The van der Waals surface area contributed by atoms with Gasteiger partial charge in [0.05, 0.1) is 14.2 Å². The van der Waals surface area contributed by atoms with Crippen LogP contribution in [0.4, 0.5) is 10.5 Å². The molecule has 0 radical (unpaired) electrons. The highest BCUT2D eigenvalue weighted by molar-refractivity contribution is 5.89. The van der Waals surface area contributed by atoms with Crippen LogP contribution in [-0.2, 0) is 0 Å². The number of hydrogen-bond acceptors (Lipinski definition) is 4. The maximum Gasteiger partial charge on any atom is 0.321 e. The van der Waals surface area contributed by atoms with E-state index in [1.165, 1.54) is 6.42 Å². The van der Waals surface area contributed by atoms with Crippen molar-refractivity contribution in [3.63, 3.8) is 0 Å². The Kier molecular flexibility index (Phi) is 7.57. The van der Waals surface area contributed by atoms with Crippen molar-refractivity contribution in [3.05, 3.63) is 18.2 Å². The third-order valence-corrected chi connectivity index (χ3v) is 5.07. The van der Waals surface area contributed by atoms with Crippen LogP contribution in [0.5, 0.6) is 11.5 Å². The molecule has 0 spiro atoms. The van der Waals surface area contributed by atoms with Crippen molar-refractivity contribution in [3.8, 4) is 11.5 Å². The molecule has 1 aromatic carbocycles. The van der Waals surface area contributed by atoms with Crippen LogP contribution in [0.3, 0.4) is 0 Å². The van der Waals surface area contributed by atoms with Gasteiger partial charge in [-0.2, -0.15) is 0 Å². The first-order valence-corrected chi connectivity index (χ1v) is 9.42. The standard InChI is InChI=1S/C20H33N3O3/c1-15(2)8-11-22(3)17-9-12-23(13-10-17)20(24)21-16-6-7-18(25-4)19(14-16)26-5/h6-7,14-15,17H,8-13H2,1-5H3,(H,21,24). The van der Waals surface area contributed by atoms with Gasteiger partial charge in [0.2, 0.25) is 0 Å². The Bertz CT molecular complexity index is 584. The summed E-state index contributed by atoms with van der Waals surface area (Å²) in [4.78, 5) is 16.9. The Hall–Kier alpha value is -1.95. The topological polar surface area (TPSA) is 54.0 Å². The number of piperidine rings is 1. The van der Waals surface area contributed by atoms with Crippen molar-refractivity contribution in [1.82, 2.24) is 9.80 Å². The van der Waals surface area contributed by atoms with Crippen LogP contribution in [0.15, 0.2) is 18.2 Å². The molecular weight excluding hydrogens is 330 g/mol. The molecule has 0 saturated carbocycles. The quantitative estimate of drug-likeness (QED) is 0.803. The molecular formula is C20H33N3O3. The molecule has 26 heavy (non-hydrogen) atoms. The number of nitrogens with zero attached hydrogens (tertiary/aromatic N) is 2. The Labute approximate surface area is 157 Å². The highest BCUT2D eigenvalue weighted by Gasteiger charge is 2.25. The number of carbonyl (C=O) groups excluding carboxylic acids is 1. The van der Waals surface area contributed by atoms with E-state index in [0.717, 1.165) is 38.4 Å². The van der Waals surface area contributed by atoms with Gasteiger partial charge in [-0.15, -0.1) is 0 Å². The Morgan fingerprint density at radius 2 is 1.88 bits per heavy atom. The first-order chi connectivity index (χ1) is 12.4. The van der Waals surface area contributed by atoms with Gasteiger partial charge in [-0.3, -0.25) is 0 Å². The molecule has 1 saturated heterocycles. The zero-order valence-electron chi connectivity index (χ0n) is 16.7.